The number of aromatic nitrogens is 3. The fourth-order valence-corrected chi connectivity index (χ4v) is 3.50. The molecule has 3 heterocycles. The topological polar surface area (TPSA) is 73.0 Å². The zero-order valence-electron chi connectivity index (χ0n) is 17.5. The molecule has 33 heavy (non-hydrogen) atoms. The Morgan fingerprint density at radius 3 is 2.42 bits per heavy atom. The van der Waals surface area contributed by atoms with Gasteiger partial charge in [0.15, 0.2) is 5.76 Å². The third-order valence-electron chi connectivity index (χ3n) is 5.16. The Labute approximate surface area is 189 Å². The molecule has 7 heteroatoms. The second-order valence-corrected chi connectivity index (χ2v) is 7.37. The summed E-state index contributed by atoms with van der Waals surface area (Å²) in [7, 11) is 0. The minimum absolute atomic E-state index is 0.176. The molecule has 0 bridgehead atoms. The summed E-state index contributed by atoms with van der Waals surface area (Å²) in [5.74, 6) is -0.00872. The number of carbonyl (C=O) groups excluding carboxylic acids is 1. The molecule has 0 aliphatic rings. The van der Waals surface area contributed by atoms with Crippen LogP contribution in [-0.4, -0.2) is 20.7 Å². The molecule has 5 aromatic rings. The van der Waals surface area contributed by atoms with Crippen LogP contribution in [0.2, 0.25) is 0 Å². The lowest BCUT2D eigenvalue weighted by Crippen LogP contribution is -2.22. The van der Waals surface area contributed by atoms with Crippen molar-refractivity contribution >= 4 is 5.91 Å². The summed E-state index contributed by atoms with van der Waals surface area (Å²) in [6.45, 7) is 0.260. The van der Waals surface area contributed by atoms with E-state index in [0.717, 1.165) is 22.5 Å². The van der Waals surface area contributed by atoms with Gasteiger partial charge in [-0.25, -0.2) is 9.07 Å². The van der Waals surface area contributed by atoms with Crippen LogP contribution in [0.5, 0.6) is 0 Å². The summed E-state index contributed by atoms with van der Waals surface area (Å²) in [6.07, 6.45) is 5.32. The monoisotopic (exact) mass is 438 g/mol. The molecule has 0 aliphatic carbocycles. The number of hydrogen-bond acceptors (Lipinski definition) is 4. The number of carbonyl (C=O) groups is 1. The van der Waals surface area contributed by atoms with Crippen molar-refractivity contribution < 1.29 is 13.6 Å². The molecule has 1 amide bonds. The van der Waals surface area contributed by atoms with E-state index in [-0.39, 0.29) is 24.0 Å². The zero-order chi connectivity index (χ0) is 22.6. The van der Waals surface area contributed by atoms with E-state index < -0.39 is 0 Å². The Bertz CT molecular complexity index is 1380. The molecule has 0 fully saturated rings. The fraction of sp³-hybridized carbons (Fsp3) is 0.0385. The first-order chi connectivity index (χ1) is 16.2. The maximum absolute atomic E-state index is 13.2. The summed E-state index contributed by atoms with van der Waals surface area (Å²) in [6, 6.07) is 22.7. The van der Waals surface area contributed by atoms with Crippen LogP contribution in [0.3, 0.4) is 0 Å². The second kappa shape index (κ2) is 8.92. The zero-order valence-corrected chi connectivity index (χ0v) is 17.5. The average molecular weight is 438 g/mol. The first kappa shape index (κ1) is 20.4. The number of para-hydroxylation sites is 1. The minimum Gasteiger partial charge on any atom is -0.451 e. The number of halogens is 1. The van der Waals surface area contributed by atoms with Gasteiger partial charge in [-0.2, -0.15) is 5.10 Å². The van der Waals surface area contributed by atoms with Gasteiger partial charge >= 0.3 is 0 Å². The van der Waals surface area contributed by atoms with Gasteiger partial charge in [-0.05, 0) is 60.7 Å². The number of hydrogen-bond donors (Lipinski definition) is 1. The van der Waals surface area contributed by atoms with Crippen LogP contribution in [0.25, 0.3) is 28.3 Å². The molecule has 0 saturated heterocycles. The van der Waals surface area contributed by atoms with E-state index in [1.807, 2.05) is 48.7 Å². The Balaban J connectivity index is 1.37. The predicted octanol–water partition coefficient (Wildman–Crippen LogP) is 5.26. The first-order valence-corrected chi connectivity index (χ1v) is 10.4. The SMILES string of the molecule is O=C(NCc1cn(-c2ccccc2)nc1-c1ccncc1)c1ccc(-c2ccc(F)cc2)o1. The highest BCUT2D eigenvalue weighted by Crippen LogP contribution is 2.25. The second-order valence-electron chi connectivity index (χ2n) is 7.37. The highest BCUT2D eigenvalue weighted by molar-refractivity contribution is 5.92. The van der Waals surface area contributed by atoms with Gasteiger partial charge in [-0.15, -0.1) is 0 Å². The molecular weight excluding hydrogens is 419 g/mol. The van der Waals surface area contributed by atoms with Crippen LogP contribution in [0.1, 0.15) is 16.1 Å². The van der Waals surface area contributed by atoms with Crippen molar-refractivity contribution in [3.8, 4) is 28.3 Å². The highest BCUT2D eigenvalue weighted by atomic mass is 19.1. The summed E-state index contributed by atoms with van der Waals surface area (Å²) in [5.41, 5.74) is 4.12. The van der Waals surface area contributed by atoms with Crippen LogP contribution in [0.4, 0.5) is 4.39 Å². The van der Waals surface area contributed by atoms with E-state index in [9.17, 15) is 9.18 Å². The standard InChI is InChI=1S/C26H19FN4O2/c27-21-8-6-18(7-9-21)23-10-11-24(33-23)26(32)29-16-20-17-31(22-4-2-1-3-5-22)30-25(20)19-12-14-28-15-13-19/h1-15,17H,16H2,(H,29,32). The van der Waals surface area contributed by atoms with Gasteiger partial charge in [0, 0.05) is 41.8 Å². The third-order valence-corrected chi connectivity index (χ3v) is 5.16. The van der Waals surface area contributed by atoms with E-state index in [1.165, 1.54) is 12.1 Å². The van der Waals surface area contributed by atoms with Crippen molar-refractivity contribution in [2.75, 3.05) is 0 Å². The summed E-state index contributed by atoms with van der Waals surface area (Å²) in [4.78, 5) is 16.8. The molecule has 162 valence electrons. The van der Waals surface area contributed by atoms with E-state index in [0.29, 0.717) is 11.3 Å². The Morgan fingerprint density at radius 2 is 1.67 bits per heavy atom. The van der Waals surface area contributed by atoms with Crippen LogP contribution in [-0.2, 0) is 6.54 Å². The molecule has 2 aromatic carbocycles. The number of furan rings is 1. The van der Waals surface area contributed by atoms with Gasteiger partial charge in [0.2, 0.25) is 0 Å². The Morgan fingerprint density at radius 1 is 0.909 bits per heavy atom. The van der Waals surface area contributed by atoms with Crippen molar-refractivity contribution in [3.05, 3.63) is 115 Å². The van der Waals surface area contributed by atoms with Crippen molar-refractivity contribution in [1.82, 2.24) is 20.1 Å². The molecule has 0 atom stereocenters. The van der Waals surface area contributed by atoms with Gasteiger partial charge in [0.25, 0.3) is 5.91 Å². The fourth-order valence-electron chi connectivity index (χ4n) is 3.50. The number of nitrogens with one attached hydrogen (secondary N) is 1. The first-order valence-electron chi connectivity index (χ1n) is 10.4. The normalized spacial score (nSPS) is 10.8. The Kier molecular flexibility index (Phi) is 5.51. The average Bonchev–Trinajstić information content (AvgIpc) is 3.52. The molecule has 0 radical (unpaired) electrons. The molecule has 6 nitrogen and oxygen atoms in total. The summed E-state index contributed by atoms with van der Waals surface area (Å²) >= 11 is 0. The van der Waals surface area contributed by atoms with E-state index in [4.69, 9.17) is 9.52 Å². The maximum atomic E-state index is 13.2. The summed E-state index contributed by atoms with van der Waals surface area (Å²) < 4.78 is 20.6. The van der Waals surface area contributed by atoms with E-state index in [2.05, 4.69) is 10.3 Å². The largest absolute Gasteiger partial charge is 0.451 e. The molecule has 0 aliphatic heterocycles. The molecule has 1 N–H and O–H groups in total. The third kappa shape index (κ3) is 4.43. The number of rotatable bonds is 6. The number of amides is 1. The molecule has 3 aromatic heterocycles. The van der Waals surface area contributed by atoms with Crippen molar-refractivity contribution in [1.29, 1.82) is 0 Å². The summed E-state index contributed by atoms with van der Waals surface area (Å²) in [5, 5.41) is 7.64. The van der Waals surface area contributed by atoms with Crippen LogP contribution < -0.4 is 5.32 Å². The Hall–Kier alpha value is -4.52. The van der Waals surface area contributed by atoms with Gasteiger partial charge < -0.3 is 9.73 Å². The molecular formula is C26H19FN4O2. The quantitative estimate of drug-likeness (QED) is 0.392. The number of nitrogens with zero attached hydrogens (tertiary/aromatic N) is 3. The lowest BCUT2D eigenvalue weighted by atomic mass is 10.1. The van der Waals surface area contributed by atoms with Gasteiger partial charge in [-0.1, -0.05) is 18.2 Å². The number of pyridine rings is 1. The van der Waals surface area contributed by atoms with Crippen LogP contribution in [0.15, 0.2) is 102 Å². The minimum atomic E-state index is -0.350. The molecule has 0 unspecified atom stereocenters. The molecule has 0 spiro atoms. The lowest BCUT2D eigenvalue weighted by Gasteiger charge is -2.04. The van der Waals surface area contributed by atoms with Crippen LogP contribution >= 0.6 is 0 Å². The van der Waals surface area contributed by atoms with E-state index >= 15 is 0 Å². The predicted molar refractivity (Wildman–Crippen MR) is 122 cm³/mol. The van der Waals surface area contributed by atoms with Gasteiger partial charge in [0.05, 0.1) is 11.4 Å². The van der Waals surface area contributed by atoms with Crippen molar-refractivity contribution in [2.24, 2.45) is 0 Å². The molecule has 0 saturated carbocycles. The van der Waals surface area contributed by atoms with Crippen molar-refractivity contribution in [2.45, 2.75) is 6.54 Å². The molecule has 5 rings (SSSR count). The van der Waals surface area contributed by atoms with E-state index in [1.54, 1.807) is 41.3 Å². The van der Waals surface area contributed by atoms with Crippen molar-refractivity contribution in [3.63, 3.8) is 0 Å². The number of benzene rings is 2. The maximum Gasteiger partial charge on any atom is 0.287 e. The smallest absolute Gasteiger partial charge is 0.287 e. The van der Waals surface area contributed by atoms with Gasteiger partial charge in [0.1, 0.15) is 11.6 Å². The van der Waals surface area contributed by atoms with Crippen LogP contribution in [0, 0.1) is 5.82 Å². The van der Waals surface area contributed by atoms with Gasteiger partial charge in [-0.3, -0.25) is 9.78 Å². The highest BCUT2D eigenvalue weighted by Gasteiger charge is 2.16. The lowest BCUT2D eigenvalue weighted by molar-refractivity contribution is 0.0924.